The van der Waals surface area contributed by atoms with Crippen LogP contribution in [0.4, 0.5) is 0 Å². The van der Waals surface area contributed by atoms with Crippen molar-refractivity contribution in [3.8, 4) is 11.5 Å². The summed E-state index contributed by atoms with van der Waals surface area (Å²) in [7, 11) is 3.16. The van der Waals surface area contributed by atoms with Crippen LogP contribution in [0.2, 0.25) is 0 Å². The van der Waals surface area contributed by atoms with Gasteiger partial charge in [-0.05, 0) is 41.5 Å². The lowest BCUT2D eigenvalue weighted by molar-refractivity contribution is -0.117. The molecule has 0 atom stereocenters. The van der Waals surface area contributed by atoms with E-state index in [1.165, 1.54) is 0 Å². The van der Waals surface area contributed by atoms with Crippen molar-refractivity contribution < 1.29 is 19.1 Å². The Balaban J connectivity index is 1.79. The van der Waals surface area contributed by atoms with E-state index in [1.807, 2.05) is 36.4 Å². The molecule has 0 saturated carbocycles. The standard InChI is InChI=1S/C26H31NO4/c1-26(2)16-20(14-21(28)17-26)27-11-10-19-13-24(30-3)25(31-4)15-22(19)23(29)12-18-8-6-5-7-9-18/h5-9,13-15,27H,10-12,16-17H2,1-4H3. The van der Waals surface area contributed by atoms with Crippen LogP contribution >= 0.6 is 0 Å². The molecule has 2 aromatic rings. The minimum Gasteiger partial charge on any atom is -0.493 e. The Morgan fingerprint density at radius 2 is 1.71 bits per heavy atom. The van der Waals surface area contributed by atoms with E-state index in [-0.39, 0.29) is 17.0 Å². The van der Waals surface area contributed by atoms with Gasteiger partial charge in [-0.1, -0.05) is 44.2 Å². The van der Waals surface area contributed by atoms with E-state index in [1.54, 1.807) is 26.4 Å². The van der Waals surface area contributed by atoms with Gasteiger partial charge in [0.25, 0.3) is 0 Å². The minimum atomic E-state index is -0.0334. The molecule has 0 heterocycles. The highest BCUT2D eigenvalue weighted by molar-refractivity contribution is 5.99. The molecule has 0 saturated heterocycles. The van der Waals surface area contributed by atoms with E-state index in [0.717, 1.165) is 23.2 Å². The molecule has 0 spiro atoms. The second-order valence-corrected chi connectivity index (χ2v) is 8.78. The van der Waals surface area contributed by atoms with Crippen LogP contribution in [0.5, 0.6) is 11.5 Å². The van der Waals surface area contributed by atoms with Gasteiger partial charge in [-0.15, -0.1) is 0 Å². The maximum absolute atomic E-state index is 13.1. The van der Waals surface area contributed by atoms with Crippen molar-refractivity contribution in [2.45, 2.75) is 39.5 Å². The number of allylic oxidation sites excluding steroid dienone is 2. The van der Waals surface area contributed by atoms with Gasteiger partial charge in [0.2, 0.25) is 0 Å². The summed E-state index contributed by atoms with van der Waals surface area (Å²) in [6.07, 6.45) is 4.07. The van der Waals surface area contributed by atoms with E-state index in [9.17, 15) is 9.59 Å². The number of nitrogens with one attached hydrogen (secondary N) is 1. The molecule has 0 amide bonds. The third-order valence-electron chi connectivity index (χ3n) is 5.52. The topological polar surface area (TPSA) is 64.6 Å². The Bertz CT molecular complexity index is 976. The van der Waals surface area contributed by atoms with Gasteiger partial charge in [0.15, 0.2) is 23.1 Å². The van der Waals surface area contributed by atoms with Crippen LogP contribution in [0.1, 0.15) is 48.2 Å². The monoisotopic (exact) mass is 421 g/mol. The molecule has 5 heteroatoms. The Morgan fingerprint density at radius 3 is 2.35 bits per heavy atom. The van der Waals surface area contributed by atoms with Gasteiger partial charge in [-0.25, -0.2) is 0 Å². The van der Waals surface area contributed by atoms with Gasteiger partial charge in [0.1, 0.15) is 0 Å². The third kappa shape index (κ3) is 5.97. The molecule has 0 bridgehead atoms. The summed E-state index contributed by atoms with van der Waals surface area (Å²) in [5.74, 6) is 1.33. The molecule has 1 aliphatic carbocycles. The molecule has 31 heavy (non-hydrogen) atoms. The van der Waals surface area contributed by atoms with Gasteiger partial charge in [0.05, 0.1) is 14.2 Å². The first-order valence-corrected chi connectivity index (χ1v) is 10.6. The fourth-order valence-corrected chi connectivity index (χ4v) is 4.08. The highest BCUT2D eigenvalue weighted by atomic mass is 16.5. The van der Waals surface area contributed by atoms with Gasteiger partial charge in [0, 0.05) is 36.7 Å². The maximum atomic E-state index is 13.1. The second kappa shape index (κ2) is 9.82. The number of ether oxygens (including phenoxy) is 2. The summed E-state index contributed by atoms with van der Waals surface area (Å²) in [5, 5.41) is 3.39. The van der Waals surface area contributed by atoms with Crippen molar-refractivity contribution in [3.63, 3.8) is 0 Å². The summed E-state index contributed by atoms with van der Waals surface area (Å²) in [6.45, 7) is 4.83. The second-order valence-electron chi connectivity index (χ2n) is 8.78. The van der Waals surface area contributed by atoms with Gasteiger partial charge in [-0.3, -0.25) is 9.59 Å². The summed E-state index contributed by atoms with van der Waals surface area (Å²) < 4.78 is 10.9. The van der Waals surface area contributed by atoms with Gasteiger partial charge in [-0.2, -0.15) is 0 Å². The SMILES string of the molecule is COc1cc(CCNC2=CC(=O)CC(C)(C)C2)c(C(=O)Cc2ccccc2)cc1OC. The largest absolute Gasteiger partial charge is 0.493 e. The number of benzene rings is 2. The van der Waals surface area contributed by atoms with Crippen molar-refractivity contribution >= 4 is 11.6 Å². The van der Waals surface area contributed by atoms with Crippen LogP contribution in [0, 0.1) is 5.41 Å². The molecule has 164 valence electrons. The van der Waals surface area contributed by atoms with E-state index in [4.69, 9.17) is 9.47 Å². The molecule has 0 unspecified atom stereocenters. The predicted molar refractivity (Wildman–Crippen MR) is 122 cm³/mol. The zero-order chi connectivity index (χ0) is 22.4. The summed E-state index contributed by atoms with van der Waals surface area (Å²) in [6, 6.07) is 13.4. The van der Waals surface area contributed by atoms with Crippen LogP contribution in [-0.4, -0.2) is 32.3 Å². The number of carbonyl (C=O) groups is 2. The number of hydrogen-bond donors (Lipinski definition) is 1. The molecular formula is C26H31NO4. The Hall–Kier alpha value is -3.08. The fraction of sp³-hybridized carbons (Fsp3) is 0.385. The lowest BCUT2D eigenvalue weighted by Gasteiger charge is -2.29. The van der Waals surface area contributed by atoms with E-state index in [2.05, 4.69) is 19.2 Å². The normalized spacial score (nSPS) is 15.2. The van der Waals surface area contributed by atoms with E-state index >= 15 is 0 Å². The van der Waals surface area contributed by atoms with E-state index in [0.29, 0.717) is 42.9 Å². The molecule has 5 nitrogen and oxygen atoms in total. The van der Waals surface area contributed by atoms with Crippen LogP contribution in [0.15, 0.2) is 54.2 Å². The molecule has 0 aromatic heterocycles. The maximum Gasteiger partial charge on any atom is 0.167 e. The lowest BCUT2D eigenvalue weighted by Crippen LogP contribution is -2.29. The van der Waals surface area contributed by atoms with Crippen LogP contribution in [0.25, 0.3) is 0 Å². The number of Topliss-reactive ketones (excluding diaryl/α,β-unsaturated/α-hetero) is 1. The average Bonchev–Trinajstić information content (AvgIpc) is 2.72. The van der Waals surface area contributed by atoms with Crippen LogP contribution in [0.3, 0.4) is 0 Å². The quantitative estimate of drug-likeness (QED) is 0.603. The fourth-order valence-electron chi connectivity index (χ4n) is 4.08. The highest BCUT2D eigenvalue weighted by Crippen LogP contribution is 2.33. The zero-order valence-corrected chi connectivity index (χ0v) is 18.8. The highest BCUT2D eigenvalue weighted by Gasteiger charge is 2.27. The minimum absolute atomic E-state index is 0.0334. The molecule has 2 aromatic carbocycles. The van der Waals surface area contributed by atoms with Gasteiger partial charge < -0.3 is 14.8 Å². The third-order valence-corrected chi connectivity index (χ3v) is 5.52. The number of ketones is 2. The summed E-state index contributed by atoms with van der Waals surface area (Å²) >= 11 is 0. The number of carbonyl (C=O) groups excluding carboxylic acids is 2. The number of methoxy groups -OCH3 is 2. The molecule has 0 fully saturated rings. The first kappa shape index (κ1) is 22.6. The number of rotatable bonds is 9. The molecule has 1 N–H and O–H groups in total. The first-order valence-electron chi connectivity index (χ1n) is 10.6. The molecular weight excluding hydrogens is 390 g/mol. The van der Waals surface area contributed by atoms with Crippen LogP contribution < -0.4 is 14.8 Å². The molecule has 3 rings (SSSR count). The van der Waals surface area contributed by atoms with Crippen molar-refractivity contribution in [3.05, 3.63) is 70.9 Å². The Morgan fingerprint density at radius 1 is 1.03 bits per heavy atom. The summed E-state index contributed by atoms with van der Waals surface area (Å²) in [4.78, 5) is 25.1. The van der Waals surface area contributed by atoms with Crippen molar-refractivity contribution in [1.29, 1.82) is 0 Å². The van der Waals surface area contributed by atoms with E-state index < -0.39 is 0 Å². The van der Waals surface area contributed by atoms with Crippen molar-refractivity contribution in [1.82, 2.24) is 5.32 Å². The van der Waals surface area contributed by atoms with Gasteiger partial charge >= 0.3 is 0 Å². The molecule has 0 radical (unpaired) electrons. The van der Waals surface area contributed by atoms with Crippen molar-refractivity contribution in [2.75, 3.05) is 20.8 Å². The molecule has 0 aliphatic heterocycles. The zero-order valence-electron chi connectivity index (χ0n) is 18.8. The number of hydrogen-bond acceptors (Lipinski definition) is 5. The molecule has 1 aliphatic rings. The predicted octanol–water partition coefficient (Wildman–Crippen LogP) is 4.53. The first-order chi connectivity index (χ1) is 14.8. The smallest absolute Gasteiger partial charge is 0.167 e. The van der Waals surface area contributed by atoms with Crippen LogP contribution in [-0.2, 0) is 17.6 Å². The Labute approximate surface area is 184 Å². The average molecular weight is 422 g/mol. The Kier molecular flexibility index (Phi) is 7.16. The summed E-state index contributed by atoms with van der Waals surface area (Å²) in [5.41, 5.74) is 3.43. The van der Waals surface area contributed by atoms with Crippen molar-refractivity contribution in [2.24, 2.45) is 5.41 Å². The lowest BCUT2D eigenvalue weighted by atomic mass is 9.79.